The van der Waals surface area contributed by atoms with Crippen LogP contribution in [0, 0.1) is 0 Å². The molecule has 0 radical (unpaired) electrons. The quantitative estimate of drug-likeness (QED) is 0.0279. The summed E-state index contributed by atoms with van der Waals surface area (Å²) in [5.74, 6) is -0.885. The van der Waals surface area contributed by atoms with E-state index in [9.17, 15) is 30.0 Å². The molecule has 0 saturated carbocycles. The lowest BCUT2D eigenvalue weighted by Crippen LogP contribution is -2.59. The second-order valence-electron chi connectivity index (χ2n) is 14.8. The first kappa shape index (κ1) is 50.7. The Balaban J connectivity index is 2.38. The number of carbonyl (C=O) groups excluding carboxylic acids is 2. The van der Waals surface area contributed by atoms with Gasteiger partial charge in [-0.05, 0) is 57.8 Å². The van der Waals surface area contributed by atoms with Crippen molar-refractivity contribution in [3.63, 3.8) is 0 Å². The van der Waals surface area contributed by atoms with Crippen LogP contribution in [0.25, 0.3) is 0 Å². The molecule has 1 saturated heterocycles. The third kappa shape index (κ3) is 27.8. The summed E-state index contributed by atoms with van der Waals surface area (Å²) in [5, 5.41) is 40.0. The van der Waals surface area contributed by atoms with Crippen LogP contribution in [0.3, 0.4) is 0 Å². The smallest absolute Gasteiger partial charge is 0.306 e. The molecule has 0 amide bonds. The maximum atomic E-state index is 12.7. The van der Waals surface area contributed by atoms with Gasteiger partial charge in [-0.1, -0.05) is 146 Å². The van der Waals surface area contributed by atoms with Crippen LogP contribution in [-0.4, -0.2) is 89.0 Å². The minimum Gasteiger partial charge on any atom is -0.462 e. The molecule has 1 aliphatic rings. The lowest BCUT2D eigenvalue weighted by atomic mass is 9.99. The van der Waals surface area contributed by atoms with E-state index in [0.29, 0.717) is 12.8 Å². The van der Waals surface area contributed by atoms with E-state index in [1.807, 2.05) is 6.08 Å². The van der Waals surface area contributed by atoms with Crippen molar-refractivity contribution in [1.82, 2.24) is 0 Å². The fourth-order valence-corrected chi connectivity index (χ4v) is 6.28. The summed E-state index contributed by atoms with van der Waals surface area (Å²) in [6.07, 6.45) is 34.1. The number of hydrogen-bond donors (Lipinski definition) is 4. The van der Waals surface area contributed by atoms with Gasteiger partial charge in [0.25, 0.3) is 0 Å². The topological polar surface area (TPSA) is 152 Å². The second kappa shape index (κ2) is 36.0. The van der Waals surface area contributed by atoms with Gasteiger partial charge >= 0.3 is 11.9 Å². The number of aliphatic hydroxyl groups is 4. The van der Waals surface area contributed by atoms with Crippen LogP contribution in [0.2, 0.25) is 0 Å². The number of allylic oxidation sites excluding steroid dienone is 8. The summed E-state index contributed by atoms with van der Waals surface area (Å²) < 4.78 is 22.1. The van der Waals surface area contributed by atoms with Crippen molar-refractivity contribution in [3.05, 3.63) is 48.6 Å². The molecule has 1 rings (SSSR count). The van der Waals surface area contributed by atoms with Crippen molar-refractivity contribution in [3.8, 4) is 0 Å². The highest BCUT2D eigenvalue weighted by Crippen LogP contribution is 2.22. The fraction of sp³-hybridized carbons (Fsp3) is 0.778. The van der Waals surface area contributed by atoms with Crippen molar-refractivity contribution in [1.29, 1.82) is 0 Å². The molecule has 10 nitrogen and oxygen atoms in total. The molecule has 0 aromatic rings. The average molecular weight is 779 g/mol. The Labute approximate surface area is 333 Å². The maximum absolute atomic E-state index is 12.7. The van der Waals surface area contributed by atoms with Gasteiger partial charge in [0.15, 0.2) is 12.4 Å². The lowest BCUT2D eigenvalue weighted by molar-refractivity contribution is -0.305. The number of unbranched alkanes of at least 4 members (excludes halogenated alkanes) is 16. The van der Waals surface area contributed by atoms with E-state index in [-0.39, 0.29) is 26.1 Å². The first-order valence-corrected chi connectivity index (χ1v) is 21.7. The highest BCUT2D eigenvalue weighted by molar-refractivity contribution is 5.70. The summed E-state index contributed by atoms with van der Waals surface area (Å²) in [4.78, 5) is 25.3. The average Bonchev–Trinajstić information content (AvgIpc) is 3.18. The van der Waals surface area contributed by atoms with Crippen molar-refractivity contribution >= 4 is 11.9 Å². The summed E-state index contributed by atoms with van der Waals surface area (Å²) in [6, 6.07) is 0. The third-order valence-corrected chi connectivity index (χ3v) is 9.71. The predicted molar refractivity (Wildman–Crippen MR) is 219 cm³/mol. The van der Waals surface area contributed by atoms with Crippen molar-refractivity contribution in [2.45, 2.75) is 205 Å². The first-order chi connectivity index (χ1) is 26.8. The summed E-state index contributed by atoms with van der Waals surface area (Å²) in [6.45, 7) is 3.25. The van der Waals surface area contributed by atoms with E-state index in [1.165, 1.54) is 64.2 Å². The normalized spacial score (nSPS) is 21.0. The van der Waals surface area contributed by atoms with Crippen LogP contribution in [0.4, 0.5) is 0 Å². The van der Waals surface area contributed by atoms with E-state index in [0.717, 1.165) is 64.2 Å². The Kier molecular flexibility index (Phi) is 33.2. The number of aliphatic hydroxyl groups excluding tert-OH is 4. The van der Waals surface area contributed by atoms with Gasteiger partial charge in [0.05, 0.1) is 13.2 Å². The monoisotopic (exact) mass is 779 g/mol. The van der Waals surface area contributed by atoms with Crippen LogP contribution >= 0.6 is 0 Å². The molecule has 4 N–H and O–H groups in total. The van der Waals surface area contributed by atoms with E-state index >= 15 is 0 Å². The van der Waals surface area contributed by atoms with E-state index in [4.69, 9.17) is 18.9 Å². The first-order valence-electron chi connectivity index (χ1n) is 21.7. The minimum atomic E-state index is -1.60. The SMILES string of the molecule is CC/C=C/C/C=C/C/C=C/CCCCCCCC(=O)O[C@@H](COC(=O)CC/C=C/CCCCCCCCCCCCC)CO[C@H]1O[C@@H](CO)[C@@H](O)C(O)C1O. The second-order valence-corrected chi connectivity index (χ2v) is 14.8. The molecular formula is C45H78O10. The molecule has 2 unspecified atom stereocenters. The number of ether oxygens (including phenoxy) is 4. The van der Waals surface area contributed by atoms with E-state index < -0.39 is 55.4 Å². The third-order valence-electron chi connectivity index (χ3n) is 9.71. The van der Waals surface area contributed by atoms with E-state index in [1.54, 1.807) is 0 Å². The van der Waals surface area contributed by atoms with Crippen LogP contribution in [0.1, 0.15) is 168 Å². The molecular weight excluding hydrogens is 700 g/mol. The molecule has 55 heavy (non-hydrogen) atoms. The Hall–Kier alpha value is -2.34. The van der Waals surface area contributed by atoms with Crippen LogP contribution in [0.15, 0.2) is 48.6 Å². The van der Waals surface area contributed by atoms with Crippen LogP contribution in [0.5, 0.6) is 0 Å². The Morgan fingerprint density at radius 2 is 1.11 bits per heavy atom. The summed E-state index contributed by atoms with van der Waals surface area (Å²) in [5.41, 5.74) is 0. The Morgan fingerprint density at radius 1 is 0.582 bits per heavy atom. The number of hydrogen-bond acceptors (Lipinski definition) is 10. The molecule has 318 valence electrons. The van der Waals surface area contributed by atoms with Crippen molar-refractivity contribution in [2.75, 3.05) is 19.8 Å². The fourth-order valence-electron chi connectivity index (χ4n) is 6.28. The molecule has 10 heteroatoms. The number of esters is 2. The highest BCUT2D eigenvalue weighted by Gasteiger charge is 2.44. The van der Waals surface area contributed by atoms with Gasteiger partial charge in [-0.3, -0.25) is 9.59 Å². The van der Waals surface area contributed by atoms with Gasteiger partial charge in [-0.15, -0.1) is 0 Å². The molecule has 1 fully saturated rings. The molecule has 0 aromatic carbocycles. The van der Waals surface area contributed by atoms with Gasteiger partial charge in [-0.25, -0.2) is 0 Å². The maximum Gasteiger partial charge on any atom is 0.306 e. The molecule has 0 bridgehead atoms. The molecule has 0 spiro atoms. The summed E-state index contributed by atoms with van der Waals surface area (Å²) in [7, 11) is 0. The van der Waals surface area contributed by atoms with Gasteiger partial charge in [0, 0.05) is 12.8 Å². The molecule has 0 aliphatic carbocycles. The van der Waals surface area contributed by atoms with Crippen molar-refractivity contribution < 1.29 is 49.0 Å². The van der Waals surface area contributed by atoms with Gasteiger partial charge in [0.2, 0.25) is 0 Å². The zero-order valence-corrected chi connectivity index (χ0v) is 34.4. The number of rotatable bonds is 35. The standard InChI is InChI=1S/C45H78O10/c1-3-5-7-9-11-13-15-17-19-21-23-25-27-29-31-33-40(47)52-36-38(37-53-45-44(51)43(50)42(49)39(35-46)55-45)54-41(48)34-32-30-28-26-24-22-20-18-16-14-12-10-8-6-4-2/h6,8,12,14,18,20,27,29,38-39,42-46,49-51H,3-5,7,9-11,13,15-17,19,21-26,28,30-37H2,1-2H3/b8-6+,14-12+,20-18+,29-27+/t38-,39-,42+,43?,44?,45-/m0/s1. The molecule has 1 heterocycles. The van der Waals surface area contributed by atoms with Gasteiger partial charge in [-0.2, -0.15) is 0 Å². The largest absolute Gasteiger partial charge is 0.462 e. The number of carbonyl (C=O) groups is 2. The van der Waals surface area contributed by atoms with Gasteiger partial charge < -0.3 is 39.4 Å². The summed E-state index contributed by atoms with van der Waals surface area (Å²) >= 11 is 0. The molecule has 1 aliphatic heterocycles. The van der Waals surface area contributed by atoms with Gasteiger partial charge in [0.1, 0.15) is 31.0 Å². The zero-order chi connectivity index (χ0) is 40.2. The lowest BCUT2D eigenvalue weighted by Gasteiger charge is -2.39. The Bertz CT molecular complexity index is 1040. The van der Waals surface area contributed by atoms with Crippen LogP contribution in [-0.2, 0) is 28.5 Å². The van der Waals surface area contributed by atoms with Crippen molar-refractivity contribution in [2.24, 2.45) is 0 Å². The zero-order valence-electron chi connectivity index (χ0n) is 34.4. The highest BCUT2D eigenvalue weighted by atomic mass is 16.7. The minimum absolute atomic E-state index is 0.187. The molecule has 0 aromatic heterocycles. The molecule has 6 atom stereocenters. The van der Waals surface area contributed by atoms with Crippen LogP contribution < -0.4 is 0 Å². The Morgan fingerprint density at radius 3 is 1.71 bits per heavy atom. The van der Waals surface area contributed by atoms with E-state index in [2.05, 4.69) is 56.4 Å². The predicted octanol–water partition coefficient (Wildman–Crippen LogP) is 8.88.